The molecule has 1 fully saturated rings. The van der Waals surface area contributed by atoms with E-state index in [0.29, 0.717) is 37.2 Å². The molecular weight excluding hydrogens is 261 g/mol. The van der Waals surface area contributed by atoms with Crippen molar-refractivity contribution in [2.45, 2.75) is 25.6 Å². The molecule has 2 N–H and O–H groups in total. The maximum Gasteiger partial charge on any atom is 0.319 e. The van der Waals surface area contributed by atoms with Gasteiger partial charge in [0.1, 0.15) is 6.17 Å². The van der Waals surface area contributed by atoms with E-state index in [1.807, 2.05) is 6.07 Å². The van der Waals surface area contributed by atoms with Gasteiger partial charge < -0.3 is 15.5 Å². The van der Waals surface area contributed by atoms with Crippen molar-refractivity contribution in [1.29, 1.82) is 0 Å². The van der Waals surface area contributed by atoms with Crippen LogP contribution in [-0.2, 0) is 6.54 Å². The van der Waals surface area contributed by atoms with Crippen LogP contribution in [0.25, 0.3) is 0 Å². The van der Waals surface area contributed by atoms with E-state index in [1.165, 1.54) is 0 Å². The smallest absolute Gasteiger partial charge is 0.319 e. The number of carbonyl (C=O) groups is 2. The quantitative estimate of drug-likeness (QED) is 0.823. The highest BCUT2D eigenvalue weighted by molar-refractivity contribution is 5.98. The Kier molecular flexibility index (Phi) is 3.30. The van der Waals surface area contributed by atoms with E-state index in [0.717, 1.165) is 5.56 Å². The van der Waals surface area contributed by atoms with Crippen LogP contribution in [0.4, 0.5) is 14.9 Å². The number of likely N-dealkylation sites (tertiary alicyclic amines) is 1. The van der Waals surface area contributed by atoms with Crippen LogP contribution in [0.3, 0.4) is 0 Å². The summed E-state index contributed by atoms with van der Waals surface area (Å²) < 4.78 is 13.4. The molecule has 20 heavy (non-hydrogen) atoms. The van der Waals surface area contributed by atoms with Crippen LogP contribution in [0.5, 0.6) is 0 Å². The fraction of sp³-hybridized carbons (Fsp3) is 0.429. The number of fused-ring (bicyclic) bond motifs is 1. The first-order valence-corrected chi connectivity index (χ1v) is 6.74. The van der Waals surface area contributed by atoms with Crippen LogP contribution in [0.2, 0.25) is 0 Å². The third kappa shape index (κ3) is 2.45. The number of nitrogens with one attached hydrogen (secondary N) is 2. The summed E-state index contributed by atoms with van der Waals surface area (Å²) in [4.78, 5) is 25.2. The van der Waals surface area contributed by atoms with Crippen molar-refractivity contribution in [2.24, 2.45) is 0 Å². The molecule has 6 heteroatoms. The molecule has 3 rings (SSSR count). The van der Waals surface area contributed by atoms with Crippen molar-refractivity contribution in [3.05, 3.63) is 29.3 Å². The fourth-order valence-corrected chi connectivity index (χ4v) is 2.61. The average Bonchev–Trinajstić information content (AvgIpc) is 2.45. The predicted molar refractivity (Wildman–Crippen MR) is 72.3 cm³/mol. The Labute approximate surface area is 116 Å². The normalized spacial score (nSPS) is 21.8. The molecule has 0 aromatic heterocycles. The minimum absolute atomic E-state index is 0.157. The lowest BCUT2D eigenvalue weighted by Crippen LogP contribution is -2.41. The third-order valence-corrected chi connectivity index (χ3v) is 3.70. The van der Waals surface area contributed by atoms with Crippen molar-refractivity contribution >= 4 is 17.6 Å². The van der Waals surface area contributed by atoms with Gasteiger partial charge in [-0.2, -0.15) is 0 Å². The largest absolute Gasteiger partial charge is 0.336 e. The van der Waals surface area contributed by atoms with Crippen LogP contribution in [0.15, 0.2) is 18.2 Å². The molecule has 106 valence electrons. The minimum Gasteiger partial charge on any atom is -0.336 e. The van der Waals surface area contributed by atoms with Crippen molar-refractivity contribution in [3.63, 3.8) is 0 Å². The zero-order valence-electron chi connectivity index (χ0n) is 11.0. The summed E-state index contributed by atoms with van der Waals surface area (Å²) in [6.07, 6.45) is 0.281. The first-order chi connectivity index (χ1) is 9.63. The van der Waals surface area contributed by atoms with Crippen LogP contribution >= 0.6 is 0 Å². The summed E-state index contributed by atoms with van der Waals surface area (Å²) >= 11 is 0. The molecular formula is C14H16FN3O2. The molecule has 1 saturated heterocycles. The van der Waals surface area contributed by atoms with E-state index in [2.05, 4.69) is 10.6 Å². The lowest BCUT2D eigenvalue weighted by Gasteiger charge is -2.29. The minimum atomic E-state index is -0.936. The summed E-state index contributed by atoms with van der Waals surface area (Å²) in [5.41, 5.74) is 2.07. The number of halogens is 1. The number of rotatable bonds is 1. The van der Waals surface area contributed by atoms with Gasteiger partial charge in [-0.25, -0.2) is 9.18 Å². The Hall–Kier alpha value is -2.11. The molecule has 0 aliphatic carbocycles. The second kappa shape index (κ2) is 5.11. The van der Waals surface area contributed by atoms with E-state index in [1.54, 1.807) is 17.0 Å². The maximum absolute atomic E-state index is 13.4. The molecule has 2 heterocycles. The molecule has 5 nitrogen and oxygen atoms in total. The van der Waals surface area contributed by atoms with Gasteiger partial charge in [-0.3, -0.25) is 4.79 Å². The predicted octanol–water partition coefficient (Wildman–Crippen LogP) is 1.90. The molecule has 0 saturated carbocycles. The second-order valence-corrected chi connectivity index (χ2v) is 5.17. The standard InChI is InChI=1S/C14H16FN3O2/c15-11-2-1-5-18(8-11)13(19)9-3-4-10-7-16-14(20)17-12(10)6-9/h3-4,6,11H,1-2,5,7-8H2,(H2,16,17,20). The summed E-state index contributed by atoms with van der Waals surface area (Å²) in [6.45, 7) is 1.19. The lowest BCUT2D eigenvalue weighted by atomic mass is 10.0. The highest BCUT2D eigenvalue weighted by Gasteiger charge is 2.25. The number of benzene rings is 1. The van der Waals surface area contributed by atoms with Crippen molar-refractivity contribution in [3.8, 4) is 0 Å². The van der Waals surface area contributed by atoms with Gasteiger partial charge in [-0.15, -0.1) is 0 Å². The van der Waals surface area contributed by atoms with Crippen LogP contribution in [0.1, 0.15) is 28.8 Å². The molecule has 0 spiro atoms. The Morgan fingerprint density at radius 2 is 2.25 bits per heavy atom. The van der Waals surface area contributed by atoms with Crippen LogP contribution in [-0.4, -0.2) is 36.1 Å². The average molecular weight is 277 g/mol. The zero-order valence-corrected chi connectivity index (χ0v) is 11.0. The number of carbonyl (C=O) groups excluding carboxylic acids is 2. The zero-order chi connectivity index (χ0) is 14.1. The first kappa shape index (κ1) is 12.9. The van der Waals surface area contributed by atoms with Gasteiger partial charge in [0, 0.05) is 24.3 Å². The van der Waals surface area contributed by atoms with Gasteiger partial charge in [-0.1, -0.05) is 6.07 Å². The molecule has 1 atom stereocenters. The fourth-order valence-electron chi connectivity index (χ4n) is 2.61. The van der Waals surface area contributed by atoms with Gasteiger partial charge in [-0.05, 0) is 30.5 Å². The van der Waals surface area contributed by atoms with Gasteiger partial charge >= 0.3 is 6.03 Å². The molecule has 1 aromatic rings. The number of amides is 3. The summed E-state index contributed by atoms with van der Waals surface area (Å²) in [5, 5.41) is 5.33. The molecule has 0 radical (unpaired) electrons. The molecule has 3 amide bonds. The SMILES string of the molecule is O=C1NCc2ccc(C(=O)N3CCCC(F)C3)cc2N1. The number of anilines is 1. The number of hydrogen-bond acceptors (Lipinski definition) is 2. The highest BCUT2D eigenvalue weighted by atomic mass is 19.1. The molecule has 2 aliphatic heterocycles. The molecule has 0 bridgehead atoms. The summed E-state index contributed by atoms with van der Waals surface area (Å²) in [7, 11) is 0. The van der Waals surface area contributed by atoms with Crippen molar-refractivity contribution in [2.75, 3.05) is 18.4 Å². The molecule has 2 aliphatic rings. The number of urea groups is 1. The summed E-state index contributed by atoms with van der Waals surface area (Å²) in [5.74, 6) is -0.178. The molecule has 1 aromatic carbocycles. The topological polar surface area (TPSA) is 61.4 Å². The number of piperidine rings is 1. The van der Waals surface area contributed by atoms with Crippen LogP contribution in [0, 0.1) is 0 Å². The van der Waals surface area contributed by atoms with E-state index >= 15 is 0 Å². The van der Waals surface area contributed by atoms with Gasteiger partial charge in [0.2, 0.25) is 0 Å². The summed E-state index contributed by atoms with van der Waals surface area (Å²) in [6, 6.07) is 4.93. The maximum atomic E-state index is 13.4. The Morgan fingerprint density at radius 3 is 3.05 bits per heavy atom. The molecule has 1 unspecified atom stereocenters. The van der Waals surface area contributed by atoms with E-state index in [9.17, 15) is 14.0 Å². The van der Waals surface area contributed by atoms with E-state index in [4.69, 9.17) is 0 Å². The Balaban J connectivity index is 1.81. The van der Waals surface area contributed by atoms with E-state index in [-0.39, 0.29) is 18.5 Å². The second-order valence-electron chi connectivity index (χ2n) is 5.17. The van der Waals surface area contributed by atoms with E-state index < -0.39 is 6.17 Å². The Morgan fingerprint density at radius 1 is 1.40 bits per heavy atom. The number of hydrogen-bond donors (Lipinski definition) is 2. The number of alkyl halides is 1. The first-order valence-electron chi connectivity index (χ1n) is 6.74. The van der Waals surface area contributed by atoms with Gasteiger partial charge in [0.25, 0.3) is 5.91 Å². The Bertz CT molecular complexity index is 561. The monoisotopic (exact) mass is 277 g/mol. The number of nitrogens with zero attached hydrogens (tertiary/aromatic N) is 1. The lowest BCUT2D eigenvalue weighted by molar-refractivity contribution is 0.0636. The van der Waals surface area contributed by atoms with Gasteiger partial charge in [0.05, 0.1) is 6.54 Å². The highest BCUT2D eigenvalue weighted by Crippen LogP contribution is 2.23. The van der Waals surface area contributed by atoms with Crippen LogP contribution < -0.4 is 10.6 Å². The third-order valence-electron chi connectivity index (χ3n) is 3.70. The van der Waals surface area contributed by atoms with Crippen molar-refractivity contribution < 1.29 is 14.0 Å². The van der Waals surface area contributed by atoms with Gasteiger partial charge in [0.15, 0.2) is 0 Å². The van der Waals surface area contributed by atoms with Crippen molar-refractivity contribution in [1.82, 2.24) is 10.2 Å².